The molecule has 0 aliphatic carbocycles. The second kappa shape index (κ2) is 17.6. The van der Waals surface area contributed by atoms with Crippen LogP contribution in [0, 0.1) is 6.92 Å². The highest BCUT2D eigenvalue weighted by Crippen LogP contribution is 2.12. The van der Waals surface area contributed by atoms with Crippen molar-refractivity contribution in [3.63, 3.8) is 0 Å². The summed E-state index contributed by atoms with van der Waals surface area (Å²) in [7, 11) is -1.87. The van der Waals surface area contributed by atoms with E-state index >= 15 is 0 Å². The van der Waals surface area contributed by atoms with E-state index in [1.54, 1.807) is 12.1 Å². The van der Waals surface area contributed by atoms with Crippen LogP contribution in [0.15, 0.2) is 29.2 Å². The van der Waals surface area contributed by atoms with Gasteiger partial charge in [0.25, 0.3) is 10.1 Å². The second-order valence-corrected chi connectivity index (χ2v) is 7.87. The van der Waals surface area contributed by atoms with E-state index in [0.29, 0.717) is 59.5 Å². The van der Waals surface area contributed by atoms with E-state index in [1.807, 2.05) is 14.0 Å². The summed E-state index contributed by atoms with van der Waals surface area (Å²) >= 11 is 0. The smallest absolute Gasteiger partial charge is 0.297 e. The first-order chi connectivity index (χ1) is 14.6. The van der Waals surface area contributed by atoms with Crippen LogP contribution < -0.4 is 5.32 Å². The molecule has 1 rings (SSSR count). The molecule has 9 nitrogen and oxygen atoms in total. The molecular weight excluding hydrogens is 414 g/mol. The van der Waals surface area contributed by atoms with Gasteiger partial charge in [-0.3, -0.25) is 4.18 Å². The van der Waals surface area contributed by atoms with E-state index < -0.39 is 10.1 Å². The standard InChI is InChI=1S/C20H35NO8S/c1-19-3-5-20(6-4-19)30(22,23)29-18-17-28-16-15-27-14-13-26-12-11-25-10-9-24-8-7-21-2/h3-6,21H,7-18H2,1-2H3. The molecular formula is C20H35NO8S. The van der Waals surface area contributed by atoms with Crippen molar-refractivity contribution >= 4 is 10.1 Å². The molecule has 0 radical (unpaired) electrons. The Morgan fingerprint density at radius 3 is 1.50 bits per heavy atom. The lowest BCUT2D eigenvalue weighted by atomic mass is 10.2. The molecule has 0 fully saturated rings. The SMILES string of the molecule is CNCCOCCOCCOCCOCCOCCOS(=O)(=O)c1ccc(C)cc1. The van der Waals surface area contributed by atoms with Gasteiger partial charge in [0.05, 0.1) is 77.6 Å². The molecule has 1 aromatic carbocycles. The lowest BCUT2D eigenvalue weighted by Gasteiger charge is -2.08. The highest BCUT2D eigenvalue weighted by Gasteiger charge is 2.14. The number of rotatable bonds is 20. The van der Waals surface area contributed by atoms with Gasteiger partial charge in [-0.1, -0.05) is 17.7 Å². The minimum Gasteiger partial charge on any atom is -0.378 e. The van der Waals surface area contributed by atoms with E-state index in [-0.39, 0.29) is 18.1 Å². The number of likely N-dealkylation sites (N-methyl/N-ethyl adjacent to an activating group) is 1. The van der Waals surface area contributed by atoms with Crippen LogP contribution in [0.4, 0.5) is 0 Å². The number of aryl methyl sites for hydroxylation is 1. The van der Waals surface area contributed by atoms with Gasteiger partial charge in [-0.05, 0) is 26.1 Å². The fraction of sp³-hybridized carbons (Fsp3) is 0.700. The summed E-state index contributed by atoms with van der Waals surface area (Å²) in [6.45, 7) is 7.35. The Morgan fingerprint density at radius 2 is 1.07 bits per heavy atom. The van der Waals surface area contributed by atoms with Crippen LogP contribution in [0.1, 0.15) is 5.56 Å². The summed E-state index contributed by atoms with van der Waals surface area (Å²) in [5.41, 5.74) is 0.984. The van der Waals surface area contributed by atoms with Gasteiger partial charge in [0, 0.05) is 6.54 Å². The first-order valence-corrected chi connectivity index (χ1v) is 11.5. The van der Waals surface area contributed by atoms with Crippen LogP contribution in [-0.4, -0.2) is 94.7 Å². The third-order valence-electron chi connectivity index (χ3n) is 3.76. The molecule has 0 spiro atoms. The molecule has 0 amide bonds. The zero-order chi connectivity index (χ0) is 21.9. The molecule has 0 heterocycles. The first kappa shape index (κ1) is 26.9. The number of benzene rings is 1. The van der Waals surface area contributed by atoms with E-state index in [2.05, 4.69) is 5.32 Å². The highest BCUT2D eigenvalue weighted by molar-refractivity contribution is 7.86. The largest absolute Gasteiger partial charge is 0.378 e. The number of hydrogen-bond acceptors (Lipinski definition) is 9. The molecule has 0 atom stereocenters. The maximum atomic E-state index is 12.0. The monoisotopic (exact) mass is 449 g/mol. The maximum absolute atomic E-state index is 12.0. The normalized spacial score (nSPS) is 11.8. The van der Waals surface area contributed by atoms with E-state index in [1.165, 1.54) is 12.1 Å². The summed E-state index contributed by atoms with van der Waals surface area (Å²) in [5.74, 6) is 0. The summed E-state index contributed by atoms with van der Waals surface area (Å²) in [6, 6.07) is 6.50. The van der Waals surface area contributed by atoms with Crippen LogP contribution in [0.2, 0.25) is 0 Å². The molecule has 174 valence electrons. The van der Waals surface area contributed by atoms with Crippen molar-refractivity contribution < 1.29 is 36.3 Å². The van der Waals surface area contributed by atoms with Gasteiger partial charge in [-0.2, -0.15) is 8.42 Å². The third-order valence-corrected chi connectivity index (χ3v) is 5.09. The second-order valence-electron chi connectivity index (χ2n) is 6.25. The molecule has 0 bridgehead atoms. The molecule has 0 aliphatic rings. The quantitative estimate of drug-likeness (QED) is 0.231. The van der Waals surface area contributed by atoms with Gasteiger partial charge in [0.2, 0.25) is 0 Å². The molecule has 1 aromatic rings. The van der Waals surface area contributed by atoms with Crippen LogP contribution in [-0.2, 0) is 38.0 Å². The zero-order valence-electron chi connectivity index (χ0n) is 18.0. The lowest BCUT2D eigenvalue weighted by molar-refractivity contribution is -0.0123. The van der Waals surface area contributed by atoms with Crippen molar-refractivity contribution in [3.8, 4) is 0 Å². The molecule has 0 aliphatic heterocycles. The highest BCUT2D eigenvalue weighted by atomic mass is 32.2. The van der Waals surface area contributed by atoms with Crippen molar-refractivity contribution in [1.29, 1.82) is 0 Å². The number of ether oxygens (including phenoxy) is 5. The van der Waals surface area contributed by atoms with Crippen molar-refractivity contribution in [2.45, 2.75) is 11.8 Å². The van der Waals surface area contributed by atoms with E-state index in [9.17, 15) is 8.42 Å². The summed E-state index contributed by atoms with van der Waals surface area (Å²) in [4.78, 5) is 0.139. The van der Waals surface area contributed by atoms with Gasteiger partial charge in [-0.15, -0.1) is 0 Å². The van der Waals surface area contributed by atoms with Crippen molar-refractivity contribution in [3.05, 3.63) is 29.8 Å². The average Bonchev–Trinajstić information content (AvgIpc) is 2.73. The Balaban J connectivity index is 1.84. The Morgan fingerprint density at radius 1 is 0.667 bits per heavy atom. The summed E-state index contributed by atoms with van der Waals surface area (Å²) < 4.78 is 55.6. The lowest BCUT2D eigenvalue weighted by Crippen LogP contribution is -2.17. The molecule has 0 saturated heterocycles. The fourth-order valence-corrected chi connectivity index (χ4v) is 3.02. The predicted molar refractivity (Wildman–Crippen MR) is 112 cm³/mol. The molecule has 1 N–H and O–H groups in total. The van der Waals surface area contributed by atoms with Crippen molar-refractivity contribution in [1.82, 2.24) is 5.32 Å². The topological polar surface area (TPSA) is 102 Å². The summed E-state index contributed by atoms with van der Waals surface area (Å²) in [6.07, 6.45) is 0. The van der Waals surface area contributed by atoms with Gasteiger partial charge >= 0.3 is 0 Å². The van der Waals surface area contributed by atoms with Crippen LogP contribution in [0.3, 0.4) is 0 Å². The first-order valence-electron chi connectivity index (χ1n) is 10.1. The Labute approximate surface area is 180 Å². The van der Waals surface area contributed by atoms with E-state index in [4.69, 9.17) is 27.9 Å². The minimum absolute atomic E-state index is 0.0418. The van der Waals surface area contributed by atoms with Crippen molar-refractivity contribution in [2.24, 2.45) is 0 Å². The Bertz CT molecular complexity index is 624. The Hall–Kier alpha value is -1.11. The third kappa shape index (κ3) is 14.0. The zero-order valence-corrected chi connectivity index (χ0v) is 18.8. The Kier molecular flexibility index (Phi) is 15.8. The van der Waals surface area contributed by atoms with E-state index in [0.717, 1.165) is 12.1 Å². The number of hydrogen-bond donors (Lipinski definition) is 1. The summed E-state index contributed by atoms with van der Waals surface area (Å²) in [5, 5.41) is 3.00. The maximum Gasteiger partial charge on any atom is 0.297 e. The van der Waals surface area contributed by atoms with Gasteiger partial charge in [0.1, 0.15) is 0 Å². The van der Waals surface area contributed by atoms with Gasteiger partial charge in [-0.25, -0.2) is 0 Å². The minimum atomic E-state index is -3.75. The molecule has 0 unspecified atom stereocenters. The molecule has 0 aromatic heterocycles. The fourth-order valence-electron chi connectivity index (χ4n) is 2.13. The van der Waals surface area contributed by atoms with Crippen molar-refractivity contribution in [2.75, 3.05) is 86.3 Å². The predicted octanol–water partition coefficient (Wildman–Crippen LogP) is 1.00. The average molecular weight is 450 g/mol. The van der Waals surface area contributed by atoms with Gasteiger partial charge in [0.15, 0.2) is 0 Å². The number of nitrogens with one attached hydrogen (secondary N) is 1. The van der Waals surface area contributed by atoms with Gasteiger partial charge < -0.3 is 29.0 Å². The van der Waals surface area contributed by atoms with Crippen LogP contribution in [0.25, 0.3) is 0 Å². The molecule has 0 saturated carbocycles. The van der Waals surface area contributed by atoms with Crippen LogP contribution in [0.5, 0.6) is 0 Å². The van der Waals surface area contributed by atoms with Crippen LogP contribution >= 0.6 is 0 Å². The molecule has 30 heavy (non-hydrogen) atoms. The molecule has 10 heteroatoms.